The summed E-state index contributed by atoms with van der Waals surface area (Å²) in [5.74, 6) is 0.362. The average Bonchev–Trinajstić information content (AvgIpc) is 2.77. The maximum atomic E-state index is 11.3. The number of esters is 1. The minimum Gasteiger partial charge on any atom is -0.397 e. The van der Waals surface area contributed by atoms with E-state index in [2.05, 4.69) is 0 Å². The number of thiocarbonyl (C=S) groups is 2. The summed E-state index contributed by atoms with van der Waals surface area (Å²) in [5, 5.41) is 0.473. The molecule has 0 aromatic rings. The molecule has 0 saturated carbocycles. The third-order valence-electron chi connectivity index (χ3n) is 3.53. The Hall–Kier alpha value is -0.730. The number of carbonyl (C=O) groups is 2. The molecule has 2 saturated heterocycles. The zero-order chi connectivity index (χ0) is 17.2. The van der Waals surface area contributed by atoms with E-state index >= 15 is 0 Å². The van der Waals surface area contributed by atoms with Crippen molar-refractivity contribution >= 4 is 56.8 Å². The summed E-state index contributed by atoms with van der Waals surface area (Å²) in [6, 6.07) is -0.199. The second kappa shape index (κ2) is 10.3. The fraction of sp³-hybridized carbons (Fsp3) is 0.750. The van der Waals surface area contributed by atoms with Gasteiger partial charge in [-0.25, -0.2) is 4.79 Å². The maximum absolute atomic E-state index is 11.3. The van der Waals surface area contributed by atoms with Gasteiger partial charge in [0.05, 0.1) is 0 Å². The van der Waals surface area contributed by atoms with Crippen LogP contribution in [-0.2, 0) is 14.3 Å². The molecule has 2 aliphatic heterocycles. The highest BCUT2D eigenvalue weighted by Gasteiger charge is 2.38. The summed E-state index contributed by atoms with van der Waals surface area (Å²) in [5.41, 5.74) is 0. The van der Waals surface area contributed by atoms with Gasteiger partial charge in [-0.2, -0.15) is 0 Å². The van der Waals surface area contributed by atoms with Crippen molar-refractivity contribution in [2.24, 2.45) is 11.8 Å². The molecule has 2 aliphatic rings. The Morgan fingerprint density at radius 3 is 1.58 bits per heavy atom. The van der Waals surface area contributed by atoms with E-state index in [4.69, 9.17) is 29.2 Å². The van der Waals surface area contributed by atoms with Crippen LogP contribution in [0.3, 0.4) is 0 Å². The largest absolute Gasteiger partial charge is 0.397 e. The smallest absolute Gasteiger partial charge is 0.336 e. The van der Waals surface area contributed by atoms with Gasteiger partial charge >= 0.3 is 5.97 Å². The fourth-order valence-electron chi connectivity index (χ4n) is 2.42. The van der Waals surface area contributed by atoms with E-state index in [1.165, 1.54) is 11.8 Å². The Morgan fingerprint density at radius 1 is 0.958 bits per heavy atom. The number of hydrogen-bond donors (Lipinski definition) is 0. The second-order valence-corrected chi connectivity index (χ2v) is 7.96. The second-order valence-electron chi connectivity index (χ2n) is 5.97. The Kier molecular flexibility index (Phi) is 11.0. The van der Waals surface area contributed by atoms with Gasteiger partial charge in [0.25, 0.3) is 5.17 Å². The molecule has 0 aromatic carbocycles. The van der Waals surface area contributed by atoms with Gasteiger partial charge in [-0.05, 0) is 35.8 Å². The quantitative estimate of drug-likeness (QED) is 0.520. The van der Waals surface area contributed by atoms with E-state index in [1.807, 2.05) is 39.6 Å². The molecule has 140 valence electrons. The van der Waals surface area contributed by atoms with E-state index in [9.17, 15) is 9.59 Å². The molecular weight excluding hydrogens is 364 g/mol. The van der Waals surface area contributed by atoms with Crippen molar-refractivity contribution in [3.05, 3.63) is 0 Å². The summed E-state index contributed by atoms with van der Waals surface area (Å²) >= 11 is 11.0. The van der Waals surface area contributed by atoms with Crippen LogP contribution in [0.15, 0.2) is 0 Å². The molecule has 8 heteroatoms. The SMILES string of the molecule is C.C.CC(C)C1C(=O)OC(=S)N1C.CC(C)C1C(=O)SC(=S)N1C. The first kappa shape index (κ1) is 25.5. The van der Waals surface area contributed by atoms with E-state index in [0.717, 1.165) is 0 Å². The molecule has 5 nitrogen and oxygen atoms in total. The predicted octanol–water partition coefficient (Wildman–Crippen LogP) is 3.56. The standard InChI is InChI=1S/C7H11NO2S.C7H11NOS2.2CH4/c1-4(2)5-6(9)10-7(11)8(5)3;1-4(2)5-6(9)11-7(10)8(5)3;;/h2*4-5H,1-3H3;2*1H4. The van der Waals surface area contributed by atoms with Gasteiger partial charge in [0.2, 0.25) is 5.12 Å². The Bertz CT molecular complexity index is 451. The first-order valence-corrected chi connectivity index (χ1v) is 8.68. The Morgan fingerprint density at radius 2 is 1.42 bits per heavy atom. The lowest BCUT2D eigenvalue weighted by atomic mass is 10.1. The van der Waals surface area contributed by atoms with E-state index in [-0.39, 0.29) is 49.1 Å². The molecule has 2 rings (SSSR count). The highest BCUT2D eigenvalue weighted by Crippen LogP contribution is 2.28. The lowest BCUT2D eigenvalue weighted by molar-refractivity contribution is -0.136. The van der Waals surface area contributed by atoms with Crippen LogP contribution in [0, 0.1) is 11.8 Å². The lowest BCUT2D eigenvalue weighted by Crippen LogP contribution is -2.35. The van der Waals surface area contributed by atoms with Crippen LogP contribution in [0.4, 0.5) is 0 Å². The first-order valence-electron chi connectivity index (χ1n) is 7.04. The molecule has 2 unspecified atom stereocenters. The lowest BCUT2D eigenvalue weighted by Gasteiger charge is -2.21. The average molecular weight is 395 g/mol. The summed E-state index contributed by atoms with van der Waals surface area (Å²) in [6.45, 7) is 8.01. The normalized spacial score (nSPS) is 23.0. The highest BCUT2D eigenvalue weighted by molar-refractivity contribution is 8.33. The van der Waals surface area contributed by atoms with Crippen molar-refractivity contribution in [1.29, 1.82) is 0 Å². The zero-order valence-corrected chi connectivity index (χ0v) is 16.1. The van der Waals surface area contributed by atoms with Gasteiger partial charge < -0.3 is 14.5 Å². The molecule has 0 aliphatic carbocycles. The van der Waals surface area contributed by atoms with E-state index in [1.54, 1.807) is 11.9 Å². The maximum Gasteiger partial charge on any atom is 0.336 e. The summed E-state index contributed by atoms with van der Waals surface area (Å²) in [7, 11) is 3.66. The van der Waals surface area contributed by atoms with Gasteiger partial charge in [0.1, 0.15) is 16.4 Å². The molecule has 2 fully saturated rings. The van der Waals surface area contributed by atoms with Crippen molar-refractivity contribution in [1.82, 2.24) is 9.80 Å². The number of rotatable bonds is 2. The minimum atomic E-state index is -0.229. The summed E-state index contributed by atoms with van der Waals surface area (Å²) < 4.78 is 5.47. The first-order chi connectivity index (χ1) is 10.1. The number of ether oxygens (including phenoxy) is 1. The monoisotopic (exact) mass is 394 g/mol. The third-order valence-corrected chi connectivity index (χ3v) is 5.35. The van der Waals surface area contributed by atoms with Crippen molar-refractivity contribution < 1.29 is 14.3 Å². The van der Waals surface area contributed by atoms with Crippen LogP contribution >= 0.6 is 36.2 Å². The van der Waals surface area contributed by atoms with Gasteiger partial charge in [0, 0.05) is 14.1 Å². The Labute approximate surface area is 161 Å². The number of carbonyl (C=O) groups excluding carboxylic acids is 2. The number of thioether (sulfide) groups is 1. The van der Waals surface area contributed by atoms with Crippen molar-refractivity contribution in [2.45, 2.75) is 54.6 Å². The molecule has 0 spiro atoms. The molecule has 0 N–H and O–H groups in total. The fourth-order valence-corrected chi connectivity index (χ4v) is 3.96. The number of likely N-dealkylation sites (N-methyl/N-ethyl adjacent to an activating group) is 2. The van der Waals surface area contributed by atoms with Crippen molar-refractivity contribution in [3.8, 4) is 0 Å². The molecule has 0 radical (unpaired) electrons. The highest BCUT2D eigenvalue weighted by atomic mass is 32.2. The van der Waals surface area contributed by atoms with Crippen LogP contribution in [0.1, 0.15) is 42.5 Å². The summed E-state index contributed by atoms with van der Waals surface area (Å²) in [6.07, 6.45) is 0. The molecule has 0 amide bonds. The van der Waals surface area contributed by atoms with Crippen molar-refractivity contribution in [2.75, 3.05) is 14.1 Å². The molecule has 24 heavy (non-hydrogen) atoms. The molecule has 0 bridgehead atoms. The van der Waals surface area contributed by atoms with E-state index < -0.39 is 0 Å². The van der Waals surface area contributed by atoms with Gasteiger partial charge in [-0.15, -0.1) is 0 Å². The van der Waals surface area contributed by atoms with Gasteiger partial charge in [-0.3, -0.25) is 4.79 Å². The topological polar surface area (TPSA) is 49.9 Å². The minimum absolute atomic E-state index is 0. The molecular formula is C16H30N2O3S3. The van der Waals surface area contributed by atoms with Gasteiger partial charge in [0.15, 0.2) is 0 Å². The van der Waals surface area contributed by atoms with Crippen molar-refractivity contribution in [3.63, 3.8) is 0 Å². The zero-order valence-electron chi connectivity index (χ0n) is 13.7. The number of hydrogen-bond acceptors (Lipinski definition) is 6. The van der Waals surface area contributed by atoms with Crippen LogP contribution in [0.2, 0.25) is 0 Å². The number of cyclic esters (lactones) is 1. The molecule has 2 atom stereocenters. The van der Waals surface area contributed by atoms with Crippen LogP contribution in [0.25, 0.3) is 0 Å². The predicted molar refractivity (Wildman–Crippen MR) is 110 cm³/mol. The van der Waals surface area contributed by atoms with E-state index in [0.29, 0.717) is 10.2 Å². The Balaban J connectivity index is 0. The third kappa shape index (κ3) is 5.67. The molecule has 2 heterocycles. The van der Waals surface area contributed by atoms with Gasteiger partial charge in [-0.1, -0.05) is 54.8 Å². The molecule has 0 aromatic heterocycles. The van der Waals surface area contributed by atoms with Crippen LogP contribution in [0.5, 0.6) is 0 Å². The number of nitrogens with zero attached hydrogens (tertiary/aromatic N) is 2. The summed E-state index contributed by atoms with van der Waals surface area (Å²) in [4.78, 5) is 25.9. The van der Waals surface area contributed by atoms with Crippen LogP contribution < -0.4 is 0 Å². The van der Waals surface area contributed by atoms with Crippen LogP contribution in [-0.4, -0.2) is 56.6 Å².